The van der Waals surface area contributed by atoms with Crippen molar-refractivity contribution in [2.45, 2.75) is 50.9 Å². The van der Waals surface area contributed by atoms with Crippen molar-refractivity contribution in [2.24, 2.45) is 0 Å². The Morgan fingerprint density at radius 2 is 2.00 bits per heavy atom. The van der Waals surface area contributed by atoms with Gasteiger partial charge in [0.1, 0.15) is 17.2 Å². The average Bonchev–Trinajstić information content (AvgIpc) is 3.55. The van der Waals surface area contributed by atoms with Crippen LogP contribution in [0, 0.1) is 0 Å². The number of thiophene rings is 1. The molecule has 3 aromatic rings. The van der Waals surface area contributed by atoms with E-state index in [0.29, 0.717) is 25.4 Å². The van der Waals surface area contributed by atoms with Gasteiger partial charge in [-0.25, -0.2) is 4.98 Å². The fourth-order valence-electron chi connectivity index (χ4n) is 4.69. The highest BCUT2D eigenvalue weighted by molar-refractivity contribution is 7.20. The summed E-state index contributed by atoms with van der Waals surface area (Å²) >= 11 is 3.05. The maximum atomic E-state index is 13.4. The molecule has 4 heterocycles. The van der Waals surface area contributed by atoms with E-state index in [4.69, 9.17) is 4.74 Å². The quantitative estimate of drug-likeness (QED) is 0.503. The van der Waals surface area contributed by atoms with Crippen molar-refractivity contribution in [3.8, 4) is 9.88 Å². The number of ether oxygens (including phenoxy) is 1. The zero-order chi connectivity index (χ0) is 23.3. The highest BCUT2D eigenvalue weighted by Gasteiger charge is 2.35. The normalized spacial score (nSPS) is 19.9. The maximum absolute atomic E-state index is 13.4. The van der Waals surface area contributed by atoms with Crippen LogP contribution in [0.1, 0.15) is 48.2 Å². The number of thiazole rings is 1. The summed E-state index contributed by atoms with van der Waals surface area (Å²) < 4.78 is 6.25. The molecule has 0 N–H and O–H groups in total. The molecule has 178 valence electrons. The third kappa shape index (κ3) is 5.37. The zero-order valence-electron chi connectivity index (χ0n) is 19.0. The molecular formula is C25H28N4O3S2. The molecule has 5 rings (SSSR count). The van der Waals surface area contributed by atoms with Crippen LogP contribution in [0.2, 0.25) is 0 Å². The fraction of sp³-hybridized carbons (Fsp3) is 0.440. The standard InChI is InChI=1S/C25H28N4O3S2/c30-23-15-28(25(31)21-17-34-24(27-21)22-9-5-11-33-22)13-20(32-16-18-6-4-10-26-12-18)14-29(23)19-7-2-1-3-8-19/h4-6,9-12,17,19-20H,1-3,7-8,13-16H2/t20-/m0/s1. The molecule has 9 heteroatoms. The topological polar surface area (TPSA) is 75.6 Å². The molecule has 1 atom stereocenters. The van der Waals surface area contributed by atoms with E-state index in [1.807, 2.05) is 34.5 Å². The number of carbonyl (C=O) groups is 2. The van der Waals surface area contributed by atoms with E-state index in [0.717, 1.165) is 41.1 Å². The van der Waals surface area contributed by atoms with E-state index in [1.54, 1.807) is 34.0 Å². The van der Waals surface area contributed by atoms with Crippen molar-refractivity contribution in [1.29, 1.82) is 0 Å². The van der Waals surface area contributed by atoms with Crippen LogP contribution >= 0.6 is 22.7 Å². The number of pyridine rings is 1. The average molecular weight is 497 g/mol. The van der Waals surface area contributed by atoms with Gasteiger partial charge in [0.2, 0.25) is 5.91 Å². The Morgan fingerprint density at radius 3 is 2.76 bits per heavy atom. The molecule has 1 saturated carbocycles. The molecule has 2 fully saturated rings. The van der Waals surface area contributed by atoms with Gasteiger partial charge in [-0.05, 0) is 35.9 Å². The number of rotatable bonds is 6. The summed E-state index contributed by atoms with van der Waals surface area (Å²) in [5.74, 6) is -0.214. The lowest BCUT2D eigenvalue weighted by atomic mass is 9.94. The van der Waals surface area contributed by atoms with Crippen LogP contribution in [0.3, 0.4) is 0 Å². The molecule has 0 bridgehead atoms. The zero-order valence-corrected chi connectivity index (χ0v) is 20.6. The molecule has 0 unspecified atom stereocenters. The number of aromatic nitrogens is 2. The van der Waals surface area contributed by atoms with E-state index < -0.39 is 0 Å². The van der Waals surface area contributed by atoms with Crippen LogP contribution in [0.4, 0.5) is 0 Å². The van der Waals surface area contributed by atoms with Gasteiger partial charge in [0.25, 0.3) is 5.91 Å². The summed E-state index contributed by atoms with van der Waals surface area (Å²) in [4.78, 5) is 40.1. The first-order valence-corrected chi connectivity index (χ1v) is 13.5. The molecule has 34 heavy (non-hydrogen) atoms. The van der Waals surface area contributed by atoms with E-state index >= 15 is 0 Å². The molecule has 1 aliphatic carbocycles. The van der Waals surface area contributed by atoms with Crippen molar-refractivity contribution in [1.82, 2.24) is 19.8 Å². The molecule has 2 amide bonds. The van der Waals surface area contributed by atoms with Crippen molar-refractivity contribution >= 4 is 34.5 Å². The Morgan fingerprint density at radius 1 is 1.12 bits per heavy atom. The number of nitrogens with zero attached hydrogens (tertiary/aromatic N) is 4. The second kappa shape index (κ2) is 10.8. The first kappa shape index (κ1) is 23.1. The monoisotopic (exact) mass is 496 g/mol. The Kier molecular flexibility index (Phi) is 7.32. The van der Waals surface area contributed by atoms with Gasteiger partial charge in [-0.3, -0.25) is 14.6 Å². The predicted molar refractivity (Wildman–Crippen MR) is 133 cm³/mol. The molecule has 1 saturated heterocycles. The van der Waals surface area contributed by atoms with Crippen molar-refractivity contribution in [2.75, 3.05) is 19.6 Å². The lowest BCUT2D eigenvalue weighted by Gasteiger charge is -2.34. The van der Waals surface area contributed by atoms with Gasteiger partial charge in [-0.1, -0.05) is 31.4 Å². The van der Waals surface area contributed by atoms with Crippen molar-refractivity contribution < 1.29 is 14.3 Å². The molecular weight excluding hydrogens is 468 g/mol. The summed E-state index contributed by atoms with van der Waals surface area (Å²) in [7, 11) is 0. The molecule has 1 aliphatic heterocycles. The number of carbonyl (C=O) groups excluding carboxylic acids is 2. The summed E-state index contributed by atoms with van der Waals surface area (Å²) in [6.45, 7) is 1.32. The van der Waals surface area contributed by atoms with E-state index in [2.05, 4.69) is 9.97 Å². The molecule has 7 nitrogen and oxygen atoms in total. The smallest absolute Gasteiger partial charge is 0.273 e. The predicted octanol–water partition coefficient (Wildman–Crippen LogP) is 4.47. The van der Waals surface area contributed by atoms with Crippen LogP contribution in [0.5, 0.6) is 0 Å². The Hall–Kier alpha value is -2.62. The number of amides is 2. The number of hydrogen-bond acceptors (Lipinski definition) is 7. The largest absolute Gasteiger partial charge is 0.370 e. The second-order valence-corrected chi connectivity index (χ2v) is 10.6. The molecule has 0 spiro atoms. The third-order valence-electron chi connectivity index (χ3n) is 6.44. The Labute approximate surface area is 207 Å². The SMILES string of the molecule is O=C(c1csc(-c2cccs2)n1)N1CC(=O)N(C2CCCCC2)C[C@@H](OCc2cccnc2)C1. The highest BCUT2D eigenvalue weighted by Crippen LogP contribution is 2.29. The van der Waals surface area contributed by atoms with E-state index in [1.165, 1.54) is 17.8 Å². The van der Waals surface area contributed by atoms with Crippen LogP contribution in [0.15, 0.2) is 47.4 Å². The Bertz CT molecular complexity index is 1100. The molecule has 3 aromatic heterocycles. The van der Waals surface area contributed by atoms with E-state index in [9.17, 15) is 9.59 Å². The van der Waals surface area contributed by atoms with Gasteiger partial charge in [0.05, 0.1) is 17.6 Å². The minimum absolute atomic E-state index is 0.00133. The van der Waals surface area contributed by atoms with Gasteiger partial charge in [0, 0.05) is 36.9 Å². The summed E-state index contributed by atoms with van der Waals surface area (Å²) in [5.41, 5.74) is 1.36. The van der Waals surface area contributed by atoms with Gasteiger partial charge in [-0.2, -0.15) is 0 Å². The van der Waals surface area contributed by atoms with Gasteiger partial charge in [-0.15, -0.1) is 22.7 Å². The lowest BCUT2D eigenvalue weighted by Crippen LogP contribution is -2.46. The van der Waals surface area contributed by atoms with Crippen LogP contribution in [-0.4, -0.2) is 63.4 Å². The van der Waals surface area contributed by atoms with Gasteiger partial charge in [0.15, 0.2) is 0 Å². The van der Waals surface area contributed by atoms with Crippen molar-refractivity contribution in [3.05, 3.63) is 58.7 Å². The molecule has 0 aromatic carbocycles. The minimum Gasteiger partial charge on any atom is -0.370 e. The first-order valence-electron chi connectivity index (χ1n) is 11.8. The molecule has 0 radical (unpaired) electrons. The van der Waals surface area contributed by atoms with Crippen molar-refractivity contribution in [3.63, 3.8) is 0 Å². The summed E-state index contributed by atoms with van der Waals surface area (Å²) in [6.07, 6.45) is 8.79. The van der Waals surface area contributed by atoms with Crippen LogP contribution < -0.4 is 0 Å². The second-order valence-electron chi connectivity index (χ2n) is 8.83. The van der Waals surface area contributed by atoms with Crippen LogP contribution in [-0.2, 0) is 16.1 Å². The van der Waals surface area contributed by atoms with Gasteiger partial charge < -0.3 is 14.5 Å². The number of hydrogen-bond donors (Lipinski definition) is 0. The van der Waals surface area contributed by atoms with Crippen LogP contribution in [0.25, 0.3) is 9.88 Å². The summed E-state index contributed by atoms with van der Waals surface area (Å²) in [5, 5.41) is 4.61. The Balaban J connectivity index is 1.34. The van der Waals surface area contributed by atoms with Gasteiger partial charge >= 0.3 is 0 Å². The highest BCUT2D eigenvalue weighted by atomic mass is 32.1. The fourth-order valence-corrected chi connectivity index (χ4v) is 6.30. The summed E-state index contributed by atoms with van der Waals surface area (Å²) in [6, 6.07) is 8.05. The third-order valence-corrected chi connectivity index (χ3v) is 8.32. The first-order chi connectivity index (χ1) is 16.7. The maximum Gasteiger partial charge on any atom is 0.273 e. The molecule has 2 aliphatic rings. The minimum atomic E-state index is -0.270. The lowest BCUT2D eigenvalue weighted by molar-refractivity contribution is -0.134. The van der Waals surface area contributed by atoms with E-state index in [-0.39, 0.29) is 30.5 Å².